The fraction of sp³-hybridized carbons (Fsp3) is 1.00. The Morgan fingerprint density at radius 3 is 2.00 bits per heavy atom. The van der Waals surface area contributed by atoms with Crippen LogP contribution in [0.2, 0.25) is 0 Å². The molecular weight excluding hydrogens is 200 g/mol. The zero-order valence-corrected chi connectivity index (χ0v) is 9.89. The van der Waals surface area contributed by atoms with Crippen LogP contribution in [0, 0.1) is 0 Å². The first-order valence-corrected chi connectivity index (χ1v) is 7.20. The topological polar surface area (TPSA) is 40.6 Å². The maximum atomic E-state index is 11.0. The Kier molecular flexibility index (Phi) is 4.34. The van der Waals surface area contributed by atoms with Crippen molar-refractivity contribution in [3.8, 4) is 0 Å². The van der Waals surface area contributed by atoms with Crippen LogP contribution >= 0.6 is 0 Å². The lowest BCUT2D eigenvalue weighted by atomic mass is 10.3. The number of nitrogens with zero attached hydrogens (tertiary/aromatic N) is 2. The highest BCUT2D eigenvalue weighted by molar-refractivity contribution is 7.90. The Labute approximate surface area is 86.8 Å². The summed E-state index contributed by atoms with van der Waals surface area (Å²) in [7, 11) is -2.80. The largest absolute Gasteiger partial charge is 0.301 e. The molecule has 0 aromatic heterocycles. The van der Waals surface area contributed by atoms with E-state index in [9.17, 15) is 8.42 Å². The summed E-state index contributed by atoms with van der Waals surface area (Å²) in [4.78, 5) is 4.62. The van der Waals surface area contributed by atoms with E-state index >= 15 is 0 Å². The summed E-state index contributed by atoms with van der Waals surface area (Å²) in [6.45, 7) is 8.09. The highest BCUT2D eigenvalue weighted by atomic mass is 32.2. The van der Waals surface area contributed by atoms with Crippen LogP contribution < -0.4 is 0 Å². The molecule has 0 aromatic rings. The average Bonchev–Trinajstić information content (AvgIpc) is 2.14. The van der Waals surface area contributed by atoms with Gasteiger partial charge in [-0.2, -0.15) is 0 Å². The molecule has 0 aromatic carbocycles. The van der Waals surface area contributed by atoms with Crippen molar-refractivity contribution in [1.29, 1.82) is 0 Å². The molecule has 0 N–H and O–H groups in total. The third-order valence-corrected chi connectivity index (χ3v) is 3.61. The molecule has 1 saturated heterocycles. The van der Waals surface area contributed by atoms with Gasteiger partial charge in [-0.15, -0.1) is 0 Å². The normalized spacial score (nSPS) is 21.3. The van der Waals surface area contributed by atoms with E-state index < -0.39 is 9.84 Å². The molecule has 14 heavy (non-hydrogen) atoms. The number of hydrogen-bond acceptors (Lipinski definition) is 4. The van der Waals surface area contributed by atoms with Gasteiger partial charge in [-0.1, -0.05) is 6.92 Å². The minimum absolute atomic E-state index is 0.291. The molecule has 1 rings (SSSR count). The minimum atomic E-state index is -2.80. The van der Waals surface area contributed by atoms with Crippen LogP contribution in [0.25, 0.3) is 0 Å². The summed E-state index contributed by atoms with van der Waals surface area (Å²) in [5, 5.41) is 0. The Morgan fingerprint density at radius 1 is 1.07 bits per heavy atom. The van der Waals surface area contributed by atoms with E-state index in [4.69, 9.17) is 0 Å². The minimum Gasteiger partial charge on any atom is -0.301 e. The van der Waals surface area contributed by atoms with Crippen LogP contribution in [0.4, 0.5) is 0 Å². The predicted octanol–water partition coefficient (Wildman–Crippen LogP) is -0.331. The molecule has 1 aliphatic rings. The van der Waals surface area contributed by atoms with Gasteiger partial charge in [0.05, 0.1) is 5.75 Å². The van der Waals surface area contributed by atoms with Crippen LogP contribution in [-0.2, 0) is 9.84 Å². The van der Waals surface area contributed by atoms with Crippen molar-refractivity contribution in [3.05, 3.63) is 0 Å². The summed E-state index contributed by atoms with van der Waals surface area (Å²) in [6.07, 6.45) is 1.30. The summed E-state index contributed by atoms with van der Waals surface area (Å²) in [5.74, 6) is 0.291. The Balaban J connectivity index is 2.23. The molecule has 1 heterocycles. The first-order chi connectivity index (χ1) is 6.51. The molecule has 0 spiro atoms. The molecular formula is C9H20N2O2S. The van der Waals surface area contributed by atoms with Crippen molar-refractivity contribution in [2.75, 3.05) is 51.3 Å². The van der Waals surface area contributed by atoms with Gasteiger partial charge in [0, 0.05) is 39.0 Å². The SMILES string of the molecule is CCN1CCN(CCS(C)(=O)=O)CC1. The molecule has 0 bridgehead atoms. The molecule has 0 unspecified atom stereocenters. The lowest BCUT2D eigenvalue weighted by Crippen LogP contribution is -2.47. The molecule has 5 heteroatoms. The van der Waals surface area contributed by atoms with E-state index in [1.54, 1.807) is 0 Å². The second-order valence-corrected chi connectivity index (χ2v) is 6.17. The molecule has 0 radical (unpaired) electrons. The number of hydrogen-bond donors (Lipinski definition) is 0. The van der Waals surface area contributed by atoms with Crippen molar-refractivity contribution < 1.29 is 8.42 Å². The van der Waals surface area contributed by atoms with Gasteiger partial charge in [0.1, 0.15) is 9.84 Å². The van der Waals surface area contributed by atoms with E-state index in [1.165, 1.54) is 6.26 Å². The third kappa shape index (κ3) is 4.39. The summed E-state index contributed by atoms with van der Waals surface area (Å²) in [6, 6.07) is 0. The summed E-state index contributed by atoms with van der Waals surface area (Å²) < 4.78 is 21.9. The van der Waals surface area contributed by atoms with Crippen LogP contribution in [0.5, 0.6) is 0 Å². The van der Waals surface area contributed by atoms with Crippen LogP contribution in [-0.4, -0.2) is 69.5 Å². The molecule has 84 valence electrons. The van der Waals surface area contributed by atoms with Crippen LogP contribution in [0.3, 0.4) is 0 Å². The zero-order chi connectivity index (χ0) is 10.6. The zero-order valence-electron chi connectivity index (χ0n) is 9.07. The molecule has 0 saturated carbocycles. The van der Waals surface area contributed by atoms with E-state index in [-0.39, 0.29) is 0 Å². The Hall–Kier alpha value is -0.130. The van der Waals surface area contributed by atoms with Gasteiger partial charge < -0.3 is 4.90 Å². The van der Waals surface area contributed by atoms with Gasteiger partial charge in [0.25, 0.3) is 0 Å². The van der Waals surface area contributed by atoms with Gasteiger partial charge in [0.2, 0.25) is 0 Å². The maximum Gasteiger partial charge on any atom is 0.148 e. The average molecular weight is 220 g/mol. The Bertz CT molecular complexity index is 256. The lowest BCUT2D eigenvalue weighted by Gasteiger charge is -2.33. The number of sulfone groups is 1. The van der Waals surface area contributed by atoms with E-state index in [2.05, 4.69) is 16.7 Å². The van der Waals surface area contributed by atoms with Gasteiger partial charge in [-0.3, -0.25) is 4.90 Å². The van der Waals surface area contributed by atoms with Gasteiger partial charge >= 0.3 is 0 Å². The van der Waals surface area contributed by atoms with E-state index in [1.807, 2.05) is 0 Å². The predicted molar refractivity (Wildman–Crippen MR) is 58.3 cm³/mol. The molecule has 0 amide bonds. The van der Waals surface area contributed by atoms with Crippen molar-refractivity contribution in [2.24, 2.45) is 0 Å². The molecule has 1 fully saturated rings. The second-order valence-electron chi connectivity index (χ2n) is 3.91. The van der Waals surface area contributed by atoms with Crippen molar-refractivity contribution in [3.63, 3.8) is 0 Å². The van der Waals surface area contributed by atoms with Crippen molar-refractivity contribution in [1.82, 2.24) is 9.80 Å². The monoisotopic (exact) mass is 220 g/mol. The van der Waals surface area contributed by atoms with Crippen LogP contribution in [0.1, 0.15) is 6.92 Å². The molecule has 1 aliphatic heterocycles. The highest BCUT2D eigenvalue weighted by Crippen LogP contribution is 2.01. The number of piperazine rings is 1. The highest BCUT2D eigenvalue weighted by Gasteiger charge is 2.16. The Morgan fingerprint density at radius 2 is 1.57 bits per heavy atom. The van der Waals surface area contributed by atoms with E-state index in [0.29, 0.717) is 12.3 Å². The van der Waals surface area contributed by atoms with Gasteiger partial charge in [-0.05, 0) is 6.54 Å². The van der Waals surface area contributed by atoms with Gasteiger partial charge in [0.15, 0.2) is 0 Å². The maximum absolute atomic E-state index is 11.0. The first kappa shape index (κ1) is 11.9. The quantitative estimate of drug-likeness (QED) is 0.650. The first-order valence-electron chi connectivity index (χ1n) is 5.13. The van der Waals surface area contributed by atoms with Crippen LogP contribution in [0.15, 0.2) is 0 Å². The molecule has 0 aliphatic carbocycles. The molecule has 4 nitrogen and oxygen atoms in total. The summed E-state index contributed by atoms with van der Waals surface area (Å²) >= 11 is 0. The van der Waals surface area contributed by atoms with Crippen molar-refractivity contribution in [2.45, 2.75) is 6.92 Å². The molecule has 0 atom stereocenters. The number of likely N-dealkylation sites (N-methyl/N-ethyl adjacent to an activating group) is 1. The standard InChI is InChI=1S/C9H20N2O2S/c1-3-10-4-6-11(7-5-10)8-9-14(2,12)13/h3-9H2,1-2H3. The lowest BCUT2D eigenvalue weighted by molar-refractivity contribution is 0.143. The van der Waals surface area contributed by atoms with Gasteiger partial charge in [-0.25, -0.2) is 8.42 Å². The fourth-order valence-electron chi connectivity index (χ4n) is 1.62. The smallest absolute Gasteiger partial charge is 0.148 e. The number of rotatable bonds is 4. The second kappa shape index (κ2) is 5.09. The third-order valence-electron chi connectivity index (χ3n) is 2.69. The van der Waals surface area contributed by atoms with E-state index in [0.717, 1.165) is 32.7 Å². The summed E-state index contributed by atoms with van der Waals surface area (Å²) in [5.41, 5.74) is 0. The van der Waals surface area contributed by atoms with Crippen molar-refractivity contribution >= 4 is 9.84 Å². The fourth-order valence-corrected chi connectivity index (χ4v) is 2.21.